The summed E-state index contributed by atoms with van der Waals surface area (Å²) in [6, 6.07) is 14.6. The maximum atomic E-state index is 9.91. The second-order valence-electron chi connectivity index (χ2n) is 4.54. The molecule has 0 amide bonds. The molecule has 0 aromatic heterocycles. The Bertz CT molecular complexity index is 548. The van der Waals surface area contributed by atoms with Gasteiger partial charge in [0.1, 0.15) is 5.75 Å². The van der Waals surface area contributed by atoms with Crippen LogP contribution in [-0.4, -0.2) is 11.7 Å². The van der Waals surface area contributed by atoms with E-state index in [1.54, 1.807) is 18.2 Å². The molecule has 2 atom stereocenters. The Hall–Kier alpha value is -1.55. The minimum absolute atomic E-state index is 0.216. The molecule has 1 saturated heterocycles. The maximum Gasteiger partial charge on any atom is 0.186 e. The molecule has 2 aromatic carbocycles. The molecule has 20 heavy (non-hydrogen) atoms. The molecule has 0 bridgehead atoms. The molecule has 2 aromatic rings. The zero-order chi connectivity index (χ0) is 13.9. The number of halogens is 1. The van der Waals surface area contributed by atoms with E-state index in [0.29, 0.717) is 11.6 Å². The van der Waals surface area contributed by atoms with Crippen LogP contribution in [0, 0.1) is 6.42 Å². The summed E-state index contributed by atoms with van der Waals surface area (Å²) in [4.78, 5) is 0. The van der Waals surface area contributed by atoms with E-state index in [-0.39, 0.29) is 11.9 Å². The molecule has 1 fully saturated rings. The van der Waals surface area contributed by atoms with Gasteiger partial charge in [0.2, 0.25) is 0 Å². The summed E-state index contributed by atoms with van der Waals surface area (Å²) in [7, 11) is 0. The van der Waals surface area contributed by atoms with Crippen LogP contribution in [0.2, 0.25) is 5.02 Å². The molecule has 103 valence electrons. The van der Waals surface area contributed by atoms with E-state index in [9.17, 15) is 5.11 Å². The lowest BCUT2D eigenvalue weighted by atomic mass is 10.0. The van der Waals surface area contributed by atoms with Crippen LogP contribution in [-0.2, 0) is 9.47 Å². The first-order valence-corrected chi connectivity index (χ1v) is 6.76. The molecular weight excluding hydrogens is 276 g/mol. The van der Waals surface area contributed by atoms with Crippen LogP contribution in [0.5, 0.6) is 5.75 Å². The SMILES string of the molecule is Oc1ccccc1C1[CH]COC(c2ccccc2Cl)O1. The van der Waals surface area contributed by atoms with Crippen LogP contribution in [0.25, 0.3) is 0 Å². The molecule has 0 aliphatic carbocycles. The van der Waals surface area contributed by atoms with Crippen molar-refractivity contribution in [3.63, 3.8) is 0 Å². The number of hydrogen-bond donors (Lipinski definition) is 1. The first-order valence-electron chi connectivity index (χ1n) is 6.38. The zero-order valence-electron chi connectivity index (χ0n) is 10.7. The van der Waals surface area contributed by atoms with Crippen LogP contribution in [0.1, 0.15) is 23.5 Å². The van der Waals surface area contributed by atoms with Gasteiger partial charge in [0.25, 0.3) is 0 Å². The normalized spacial score (nSPS) is 22.6. The van der Waals surface area contributed by atoms with Gasteiger partial charge in [0, 0.05) is 22.6 Å². The average molecular weight is 290 g/mol. The van der Waals surface area contributed by atoms with E-state index >= 15 is 0 Å². The van der Waals surface area contributed by atoms with Crippen molar-refractivity contribution in [2.45, 2.75) is 12.4 Å². The van der Waals surface area contributed by atoms with Crippen LogP contribution < -0.4 is 0 Å². The molecule has 1 aliphatic heterocycles. The largest absolute Gasteiger partial charge is 0.508 e. The van der Waals surface area contributed by atoms with Crippen molar-refractivity contribution in [1.29, 1.82) is 0 Å². The lowest BCUT2D eigenvalue weighted by Gasteiger charge is -2.31. The second kappa shape index (κ2) is 5.83. The Morgan fingerprint density at radius 3 is 2.45 bits per heavy atom. The van der Waals surface area contributed by atoms with Crippen LogP contribution in [0.15, 0.2) is 48.5 Å². The smallest absolute Gasteiger partial charge is 0.186 e. The molecule has 0 saturated carbocycles. The average Bonchev–Trinajstić information content (AvgIpc) is 2.48. The number of para-hydroxylation sites is 1. The van der Waals surface area contributed by atoms with Gasteiger partial charge in [-0.25, -0.2) is 0 Å². The van der Waals surface area contributed by atoms with Gasteiger partial charge in [-0.05, 0) is 12.1 Å². The summed E-state index contributed by atoms with van der Waals surface area (Å²) < 4.78 is 11.5. The van der Waals surface area contributed by atoms with Crippen molar-refractivity contribution >= 4 is 11.6 Å². The van der Waals surface area contributed by atoms with Gasteiger partial charge in [-0.2, -0.15) is 0 Å². The number of hydrogen-bond acceptors (Lipinski definition) is 3. The van der Waals surface area contributed by atoms with E-state index in [2.05, 4.69) is 0 Å². The molecule has 0 spiro atoms. The fourth-order valence-corrected chi connectivity index (χ4v) is 2.44. The quantitative estimate of drug-likeness (QED) is 0.907. The minimum Gasteiger partial charge on any atom is -0.508 e. The van der Waals surface area contributed by atoms with Crippen molar-refractivity contribution < 1.29 is 14.6 Å². The van der Waals surface area contributed by atoms with Crippen molar-refractivity contribution in [2.24, 2.45) is 0 Å². The fraction of sp³-hybridized carbons (Fsp3) is 0.188. The third kappa shape index (κ3) is 2.66. The van der Waals surface area contributed by atoms with Crippen molar-refractivity contribution in [2.75, 3.05) is 6.61 Å². The standard InChI is InChI=1S/C16H14ClO3/c17-13-7-3-1-5-11(13)16-19-10-9-15(20-16)12-6-2-4-8-14(12)18/h1-9,15-16,18H,10H2. The maximum absolute atomic E-state index is 9.91. The summed E-state index contributed by atoms with van der Waals surface area (Å²) in [5, 5.41) is 10.5. The predicted molar refractivity (Wildman–Crippen MR) is 76.4 cm³/mol. The molecule has 3 nitrogen and oxygen atoms in total. The monoisotopic (exact) mass is 289 g/mol. The number of phenolic OH excluding ortho intramolecular Hbond substituents is 1. The second-order valence-corrected chi connectivity index (χ2v) is 4.95. The molecule has 4 heteroatoms. The van der Waals surface area contributed by atoms with Gasteiger partial charge in [0.15, 0.2) is 6.29 Å². The summed E-state index contributed by atoms with van der Waals surface area (Å²) in [5.74, 6) is 0.216. The first-order chi connectivity index (χ1) is 9.75. The van der Waals surface area contributed by atoms with Crippen molar-refractivity contribution in [3.05, 3.63) is 71.1 Å². The van der Waals surface area contributed by atoms with Gasteiger partial charge in [0.05, 0.1) is 12.7 Å². The highest BCUT2D eigenvalue weighted by molar-refractivity contribution is 6.31. The Kier molecular flexibility index (Phi) is 3.92. The third-order valence-electron chi connectivity index (χ3n) is 3.23. The summed E-state index contributed by atoms with van der Waals surface area (Å²) >= 11 is 6.16. The Labute approximate surface area is 122 Å². The van der Waals surface area contributed by atoms with Gasteiger partial charge >= 0.3 is 0 Å². The van der Waals surface area contributed by atoms with Crippen molar-refractivity contribution in [1.82, 2.24) is 0 Å². The molecule has 1 aliphatic rings. The van der Waals surface area contributed by atoms with Gasteiger partial charge in [-0.15, -0.1) is 0 Å². The molecule has 3 rings (SSSR count). The topological polar surface area (TPSA) is 38.7 Å². The fourth-order valence-electron chi connectivity index (χ4n) is 2.22. The van der Waals surface area contributed by atoms with Gasteiger partial charge in [-0.3, -0.25) is 0 Å². The highest BCUT2D eigenvalue weighted by Gasteiger charge is 2.28. The molecule has 1 radical (unpaired) electrons. The lowest BCUT2D eigenvalue weighted by molar-refractivity contribution is -0.197. The van der Waals surface area contributed by atoms with E-state index in [4.69, 9.17) is 21.1 Å². The molecular formula is C16H14ClO3. The summed E-state index contributed by atoms with van der Waals surface area (Å²) in [5.41, 5.74) is 1.52. The van der Waals surface area contributed by atoms with Crippen LogP contribution in [0.4, 0.5) is 0 Å². The predicted octanol–water partition coefficient (Wildman–Crippen LogP) is 4.04. The Balaban J connectivity index is 1.84. The molecule has 1 heterocycles. The van der Waals surface area contributed by atoms with E-state index in [1.807, 2.05) is 36.8 Å². The number of rotatable bonds is 2. The number of aromatic hydroxyl groups is 1. The number of ether oxygens (including phenoxy) is 2. The highest BCUT2D eigenvalue weighted by atomic mass is 35.5. The summed E-state index contributed by atoms with van der Waals surface area (Å²) in [6.07, 6.45) is 1.03. The zero-order valence-corrected chi connectivity index (χ0v) is 11.5. The number of benzene rings is 2. The van der Waals surface area contributed by atoms with Crippen LogP contribution >= 0.6 is 11.6 Å². The van der Waals surface area contributed by atoms with E-state index < -0.39 is 6.29 Å². The molecule has 1 N–H and O–H groups in total. The minimum atomic E-state index is -0.529. The highest BCUT2D eigenvalue weighted by Crippen LogP contribution is 2.38. The van der Waals surface area contributed by atoms with E-state index in [0.717, 1.165) is 11.1 Å². The van der Waals surface area contributed by atoms with Gasteiger partial charge < -0.3 is 14.6 Å². The third-order valence-corrected chi connectivity index (χ3v) is 3.57. The number of phenols is 1. The lowest BCUT2D eigenvalue weighted by Crippen LogP contribution is -2.22. The summed E-state index contributed by atoms with van der Waals surface area (Å²) in [6.45, 7) is 0.439. The van der Waals surface area contributed by atoms with Gasteiger partial charge in [-0.1, -0.05) is 48.0 Å². The Morgan fingerprint density at radius 1 is 1.00 bits per heavy atom. The van der Waals surface area contributed by atoms with Crippen molar-refractivity contribution in [3.8, 4) is 5.75 Å². The Morgan fingerprint density at radius 2 is 1.70 bits per heavy atom. The molecule has 2 unspecified atom stereocenters. The first kappa shape index (κ1) is 13.4. The van der Waals surface area contributed by atoms with Crippen LogP contribution in [0.3, 0.4) is 0 Å². The van der Waals surface area contributed by atoms with E-state index in [1.165, 1.54) is 0 Å².